The monoisotopic (exact) mass is 346 g/mol. The Morgan fingerprint density at radius 2 is 1.88 bits per heavy atom. The summed E-state index contributed by atoms with van der Waals surface area (Å²) in [5.41, 5.74) is 1.39. The third-order valence-electron chi connectivity index (χ3n) is 5.76. The van der Waals surface area contributed by atoms with Crippen molar-refractivity contribution in [3.8, 4) is 5.75 Å². The maximum Gasteiger partial charge on any atom is 0.305 e. The van der Waals surface area contributed by atoms with Crippen molar-refractivity contribution >= 4 is 5.97 Å². The van der Waals surface area contributed by atoms with E-state index in [1.165, 1.54) is 25.8 Å². The zero-order chi connectivity index (χ0) is 17.8. The number of nitrogens with zero attached hydrogens (tertiary/aromatic N) is 2. The highest BCUT2D eigenvalue weighted by Crippen LogP contribution is 2.44. The topological polar surface area (TPSA) is 42.0 Å². The van der Waals surface area contributed by atoms with Crippen molar-refractivity contribution in [2.75, 3.05) is 47.4 Å². The highest BCUT2D eigenvalue weighted by Gasteiger charge is 2.45. The molecule has 0 aromatic heterocycles. The van der Waals surface area contributed by atoms with Gasteiger partial charge in [-0.1, -0.05) is 12.1 Å². The van der Waals surface area contributed by atoms with Crippen molar-refractivity contribution in [2.45, 2.75) is 25.3 Å². The predicted molar refractivity (Wildman–Crippen MR) is 97.7 cm³/mol. The molecule has 138 valence electrons. The summed E-state index contributed by atoms with van der Waals surface area (Å²) in [4.78, 5) is 16.3. The quantitative estimate of drug-likeness (QED) is 0.561. The molecule has 0 bridgehead atoms. The number of hydrogen-bond donors (Lipinski definition) is 0. The van der Waals surface area contributed by atoms with Gasteiger partial charge in [0.1, 0.15) is 5.75 Å². The fourth-order valence-corrected chi connectivity index (χ4v) is 4.54. The summed E-state index contributed by atoms with van der Waals surface area (Å²) in [5, 5.41) is 0. The Labute approximate surface area is 150 Å². The first-order chi connectivity index (χ1) is 12.1. The standard InChI is InChI=1S/C20H30N2O3/c1-21-12-16-13-22(11-5-4-6-19(23)25-3)14-18(16)20(21)15-7-9-17(24-2)10-8-15/h7-10,16,18,20H,4-6,11-14H2,1-3H3/t16-,18+,20-/m0/s1. The number of unbranched alkanes of at least 4 members (excludes halogenated alkanes) is 1. The summed E-state index contributed by atoms with van der Waals surface area (Å²) < 4.78 is 9.99. The first kappa shape index (κ1) is 18.2. The molecule has 0 amide bonds. The van der Waals surface area contributed by atoms with E-state index >= 15 is 0 Å². The summed E-state index contributed by atoms with van der Waals surface area (Å²) >= 11 is 0. The van der Waals surface area contributed by atoms with Gasteiger partial charge in [-0.2, -0.15) is 0 Å². The van der Waals surface area contributed by atoms with Crippen LogP contribution in [0.4, 0.5) is 0 Å². The second-order valence-corrected chi connectivity index (χ2v) is 7.37. The van der Waals surface area contributed by atoms with Crippen LogP contribution in [0.5, 0.6) is 5.75 Å². The van der Waals surface area contributed by atoms with Crippen molar-refractivity contribution in [2.24, 2.45) is 11.8 Å². The Balaban J connectivity index is 1.54. The van der Waals surface area contributed by atoms with E-state index in [0.717, 1.165) is 37.6 Å². The van der Waals surface area contributed by atoms with Crippen LogP contribution in [-0.4, -0.2) is 63.2 Å². The Kier molecular flexibility index (Phi) is 5.97. The first-order valence-electron chi connectivity index (χ1n) is 9.25. The minimum absolute atomic E-state index is 0.0977. The van der Waals surface area contributed by atoms with Gasteiger partial charge in [0.15, 0.2) is 0 Å². The van der Waals surface area contributed by atoms with Crippen LogP contribution < -0.4 is 4.74 Å². The number of likely N-dealkylation sites (tertiary alicyclic amines) is 2. The number of ether oxygens (including phenoxy) is 2. The number of hydrogen-bond acceptors (Lipinski definition) is 5. The minimum Gasteiger partial charge on any atom is -0.497 e. The second-order valence-electron chi connectivity index (χ2n) is 7.37. The van der Waals surface area contributed by atoms with Crippen LogP contribution in [0, 0.1) is 11.8 Å². The highest BCUT2D eigenvalue weighted by atomic mass is 16.5. The molecular weight excluding hydrogens is 316 g/mol. The zero-order valence-electron chi connectivity index (χ0n) is 15.6. The average molecular weight is 346 g/mol. The normalized spacial score (nSPS) is 26.6. The van der Waals surface area contributed by atoms with E-state index in [-0.39, 0.29) is 5.97 Å². The van der Waals surface area contributed by atoms with Crippen LogP contribution in [-0.2, 0) is 9.53 Å². The van der Waals surface area contributed by atoms with E-state index in [2.05, 4.69) is 41.1 Å². The molecule has 5 heteroatoms. The SMILES string of the molecule is COC(=O)CCCCN1C[C@@H]2CN(C)[C@@H](c3ccc(OC)cc3)[C@@H]2C1. The molecule has 0 N–H and O–H groups in total. The molecule has 3 atom stereocenters. The van der Waals surface area contributed by atoms with Crippen LogP contribution in [0.2, 0.25) is 0 Å². The Morgan fingerprint density at radius 3 is 2.56 bits per heavy atom. The van der Waals surface area contributed by atoms with Gasteiger partial charge >= 0.3 is 5.97 Å². The fourth-order valence-electron chi connectivity index (χ4n) is 4.54. The first-order valence-corrected chi connectivity index (χ1v) is 9.25. The smallest absolute Gasteiger partial charge is 0.305 e. The van der Waals surface area contributed by atoms with Gasteiger partial charge in [-0.05, 0) is 56.0 Å². The van der Waals surface area contributed by atoms with Gasteiger partial charge in [0.2, 0.25) is 0 Å². The molecule has 0 spiro atoms. The van der Waals surface area contributed by atoms with Crippen LogP contribution in [0.1, 0.15) is 30.9 Å². The molecule has 5 nitrogen and oxygen atoms in total. The summed E-state index contributed by atoms with van der Waals surface area (Å²) in [6.45, 7) is 4.59. The second kappa shape index (κ2) is 8.19. The third kappa shape index (κ3) is 4.15. The molecule has 0 unspecified atom stereocenters. The predicted octanol–water partition coefficient (Wildman–Crippen LogP) is 2.57. The summed E-state index contributed by atoms with van der Waals surface area (Å²) in [6, 6.07) is 9.05. The van der Waals surface area contributed by atoms with E-state index < -0.39 is 0 Å². The molecule has 1 aromatic rings. The van der Waals surface area contributed by atoms with E-state index in [1.54, 1.807) is 7.11 Å². The number of benzene rings is 1. The molecule has 2 aliphatic rings. The molecule has 2 aliphatic heterocycles. The average Bonchev–Trinajstić information content (AvgIpc) is 3.14. The number of methoxy groups -OCH3 is 2. The van der Waals surface area contributed by atoms with E-state index in [9.17, 15) is 4.79 Å². The fraction of sp³-hybridized carbons (Fsp3) is 0.650. The van der Waals surface area contributed by atoms with Gasteiger partial charge in [0, 0.05) is 32.1 Å². The molecule has 2 fully saturated rings. The summed E-state index contributed by atoms with van der Waals surface area (Å²) in [6.07, 6.45) is 2.52. The van der Waals surface area contributed by atoms with E-state index in [4.69, 9.17) is 9.47 Å². The van der Waals surface area contributed by atoms with Gasteiger partial charge in [0.25, 0.3) is 0 Å². The lowest BCUT2D eigenvalue weighted by atomic mass is 9.89. The van der Waals surface area contributed by atoms with Crippen LogP contribution >= 0.6 is 0 Å². The third-order valence-corrected chi connectivity index (χ3v) is 5.76. The Hall–Kier alpha value is -1.59. The van der Waals surface area contributed by atoms with Crippen molar-refractivity contribution < 1.29 is 14.3 Å². The van der Waals surface area contributed by atoms with Gasteiger partial charge in [-0.3, -0.25) is 9.69 Å². The lowest BCUT2D eigenvalue weighted by molar-refractivity contribution is -0.140. The van der Waals surface area contributed by atoms with Crippen molar-refractivity contribution in [3.63, 3.8) is 0 Å². The van der Waals surface area contributed by atoms with E-state index in [0.29, 0.717) is 18.4 Å². The molecular formula is C20H30N2O3. The maximum atomic E-state index is 11.2. The lowest BCUT2D eigenvalue weighted by Gasteiger charge is -2.27. The van der Waals surface area contributed by atoms with Crippen LogP contribution in [0.25, 0.3) is 0 Å². The number of esters is 1. The van der Waals surface area contributed by atoms with Crippen molar-refractivity contribution in [1.29, 1.82) is 0 Å². The zero-order valence-corrected chi connectivity index (χ0v) is 15.6. The molecule has 3 rings (SSSR count). The van der Waals surface area contributed by atoms with Crippen molar-refractivity contribution in [1.82, 2.24) is 9.80 Å². The molecule has 0 aliphatic carbocycles. The molecule has 2 saturated heterocycles. The number of fused-ring (bicyclic) bond motifs is 1. The highest BCUT2D eigenvalue weighted by molar-refractivity contribution is 5.68. The minimum atomic E-state index is -0.0977. The molecule has 1 aromatic carbocycles. The molecule has 0 radical (unpaired) electrons. The van der Waals surface area contributed by atoms with E-state index in [1.807, 2.05) is 0 Å². The van der Waals surface area contributed by atoms with Gasteiger partial charge in [-0.25, -0.2) is 0 Å². The van der Waals surface area contributed by atoms with Crippen molar-refractivity contribution in [3.05, 3.63) is 29.8 Å². The Morgan fingerprint density at radius 1 is 1.12 bits per heavy atom. The number of carbonyl (C=O) groups is 1. The summed E-state index contributed by atoms with van der Waals surface area (Å²) in [7, 11) is 5.41. The van der Waals surface area contributed by atoms with Crippen LogP contribution in [0.3, 0.4) is 0 Å². The Bertz CT molecular complexity index is 575. The number of carbonyl (C=O) groups excluding carboxylic acids is 1. The number of rotatable bonds is 7. The van der Waals surface area contributed by atoms with Gasteiger partial charge in [0.05, 0.1) is 14.2 Å². The largest absolute Gasteiger partial charge is 0.497 e. The summed E-state index contributed by atoms with van der Waals surface area (Å²) in [5.74, 6) is 2.26. The van der Waals surface area contributed by atoms with Gasteiger partial charge in [-0.15, -0.1) is 0 Å². The molecule has 0 saturated carbocycles. The lowest BCUT2D eigenvalue weighted by Crippen LogP contribution is -2.29. The van der Waals surface area contributed by atoms with Crippen LogP contribution in [0.15, 0.2) is 24.3 Å². The maximum absolute atomic E-state index is 11.2. The molecule has 2 heterocycles. The molecule has 25 heavy (non-hydrogen) atoms. The van der Waals surface area contributed by atoms with Gasteiger partial charge < -0.3 is 14.4 Å².